The fourth-order valence-corrected chi connectivity index (χ4v) is 2.21. The van der Waals surface area contributed by atoms with Gasteiger partial charge in [-0.1, -0.05) is 24.3 Å². The third-order valence-corrected chi connectivity index (χ3v) is 3.56. The van der Waals surface area contributed by atoms with Crippen molar-refractivity contribution in [3.63, 3.8) is 0 Å². The predicted molar refractivity (Wildman–Crippen MR) is 92.4 cm³/mol. The molecule has 0 heterocycles. The Balaban J connectivity index is 1.85. The monoisotopic (exact) mass is 381 g/mol. The number of hydrogen-bond donors (Lipinski definition) is 1. The van der Waals surface area contributed by atoms with Crippen molar-refractivity contribution in [1.82, 2.24) is 0 Å². The number of ether oxygens (including phenoxy) is 2. The average molecular weight is 381 g/mol. The minimum absolute atomic E-state index is 0.405. The van der Waals surface area contributed by atoms with Gasteiger partial charge in [0, 0.05) is 0 Å². The largest absolute Gasteiger partial charge is 0.482 e. The maximum Gasteiger partial charge on any atom is 0.418 e. The van der Waals surface area contributed by atoms with Crippen LogP contribution in [-0.2, 0) is 20.5 Å². The number of hydrogen-bond acceptors (Lipinski definition) is 4. The van der Waals surface area contributed by atoms with Crippen molar-refractivity contribution in [1.29, 1.82) is 0 Å². The highest BCUT2D eigenvalue weighted by Gasteiger charge is 2.33. The van der Waals surface area contributed by atoms with E-state index in [1.54, 1.807) is 6.07 Å². The summed E-state index contributed by atoms with van der Waals surface area (Å²) in [5.41, 5.74) is 0.391. The fourth-order valence-electron chi connectivity index (χ4n) is 2.21. The second-order valence-electron chi connectivity index (χ2n) is 5.81. The van der Waals surface area contributed by atoms with Gasteiger partial charge in [-0.15, -0.1) is 0 Å². The van der Waals surface area contributed by atoms with E-state index in [-0.39, 0.29) is 0 Å². The van der Waals surface area contributed by atoms with Gasteiger partial charge in [0.05, 0.1) is 11.3 Å². The number of rotatable bonds is 6. The number of anilines is 1. The molecule has 2 aromatic carbocycles. The Hall–Kier alpha value is -3.03. The maximum atomic E-state index is 12.9. The average Bonchev–Trinajstić information content (AvgIpc) is 2.60. The molecule has 1 amide bonds. The van der Waals surface area contributed by atoms with Crippen LogP contribution >= 0.6 is 0 Å². The number of esters is 1. The third-order valence-electron chi connectivity index (χ3n) is 3.56. The van der Waals surface area contributed by atoms with Gasteiger partial charge >= 0.3 is 12.1 Å². The van der Waals surface area contributed by atoms with Gasteiger partial charge in [0.2, 0.25) is 0 Å². The lowest BCUT2D eigenvalue weighted by Gasteiger charge is -2.13. The summed E-state index contributed by atoms with van der Waals surface area (Å²) < 4.78 is 48.7. The number of amides is 1. The predicted octanol–water partition coefficient (Wildman–Crippen LogP) is 3.88. The smallest absolute Gasteiger partial charge is 0.418 e. The Morgan fingerprint density at radius 1 is 1.04 bits per heavy atom. The number of alkyl halides is 3. The number of carbonyl (C=O) groups is 2. The molecule has 27 heavy (non-hydrogen) atoms. The standard InChI is InChI=1S/C19H18F3NO4/c1-12-7-8-13(2)16(9-12)26-11-18(25)27-10-17(24)23-15-6-4-3-5-14(15)19(20,21)22/h3-9H,10-11H2,1-2H3,(H,23,24). The Morgan fingerprint density at radius 3 is 2.44 bits per heavy atom. The van der Waals surface area contributed by atoms with Crippen LogP contribution in [0.5, 0.6) is 5.75 Å². The molecular formula is C19H18F3NO4. The molecule has 2 aromatic rings. The third kappa shape index (κ3) is 6.02. The van der Waals surface area contributed by atoms with Gasteiger partial charge in [-0.3, -0.25) is 4.79 Å². The highest BCUT2D eigenvalue weighted by Crippen LogP contribution is 2.34. The summed E-state index contributed by atoms with van der Waals surface area (Å²) in [6.45, 7) is 2.54. The molecule has 0 radical (unpaired) electrons. The highest BCUT2D eigenvalue weighted by molar-refractivity contribution is 5.93. The van der Waals surface area contributed by atoms with Crippen LogP contribution in [0.25, 0.3) is 0 Å². The van der Waals surface area contributed by atoms with Crippen LogP contribution < -0.4 is 10.1 Å². The van der Waals surface area contributed by atoms with Crippen LogP contribution in [0.3, 0.4) is 0 Å². The Bertz CT molecular complexity index is 834. The molecule has 5 nitrogen and oxygen atoms in total. The molecule has 0 aromatic heterocycles. The minimum atomic E-state index is -4.61. The number of halogens is 3. The van der Waals surface area contributed by atoms with Crippen LogP contribution in [0.4, 0.5) is 18.9 Å². The summed E-state index contributed by atoms with van der Waals surface area (Å²) in [6.07, 6.45) is -4.61. The van der Waals surface area contributed by atoms with E-state index < -0.39 is 42.5 Å². The highest BCUT2D eigenvalue weighted by atomic mass is 19.4. The molecule has 0 bridgehead atoms. The zero-order valence-corrected chi connectivity index (χ0v) is 14.7. The number of carbonyl (C=O) groups excluding carboxylic acids is 2. The van der Waals surface area contributed by atoms with Crippen LogP contribution in [0.2, 0.25) is 0 Å². The van der Waals surface area contributed by atoms with Gasteiger partial charge in [0.15, 0.2) is 13.2 Å². The summed E-state index contributed by atoms with van der Waals surface area (Å²) in [5, 5.41) is 2.09. The quantitative estimate of drug-likeness (QED) is 0.772. The van der Waals surface area contributed by atoms with Crippen molar-refractivity contribution in [2.45, 2.75) is 20.0 Å². The van der Waals surface area contributed by atoms with E-state index >= 15 is 0 Å². The zero-order chi connectivity index (χ0) is 20.0. The maximum absolute atomic E-state index is 12.9. The number of aryl methyl sites for hydroxylation is 2. The number of benzene rings is 2. The molecule has 0 aliphatic carbocycles. The van der Waals surface area contributed by atoms with Crippen LogP contribution in [0.15, 0.2) is 42.5 Å². The summed E-state index contributed by atoms with van der Waals surface area (Å²) >= 11 is 0. The van der Waals surface area contributed by atoms with E-state index in [9.17, 15) is 22.8 Å². The zero-order valence-electron chi connectivity index (χ0n) is 14.7. The van der Waals surface area contributed by atoms with Gasteiger partial charge in [-0.25, -0.2) is 4.79 Å². The molecule has 0 saturated carbocycles. The van der Waals surface area contributed by atoms with Crippen molar-refractivity contribution in [3.05, 3.63) is 59.2 Å². The molecule has 2 rings (SSSR count). The summed E-state index contributed by atoms with van der Waals surface area (Å²) in [4.78, 5) is 23.5. The molecule has 0 aliphatic rings. The Labute approximate surface area is 154 Å². The Morgan fingerprint density at radius 2 is 1.74 bits per heavy atom. The van der Waals surface area contributed by atoms with Gasteiger partial charge in [0.1, 0.15) is 5.75 Å². The molecular weight excluding hydrogens is 363 g/mol. The van der Waals surface area contributed by atoms with Gasteiger partial charge in [-0.2, -0.15) is 13.2 Å². The first-order valence-electron chi connectivity index (χ1n) is 7.98. The van der Waals surface area contributed by atoms with Crippen LogP contribution in [-0.4, -0.2) is 25.1 Å². The van der Waals surface area contributed by atoms with Gasteiger partial charge in [-0.05, 0) is 43.2 Å². The van der Waals surface area contributed by atoms with E-state index in [4.69, 9.17) is 9.47 Å². The van der Waals surface area contributed by atoms with E-state index in [0.29, 0.717) is 5.75 Å². The van der Waals surface area contributed by atoms with Crippen LogP contribution in [0, 0.1) is 13.8 Å². The second-order valence-corrected chi connectivity index (χ2v) is 5.81. The lowest BCUT2D eigenvalue weighted by molar-refractivity contribution is -0.149. The van der Waals surface area contributed by atoms with Crippen molar-refractivity contribution in [2.75, 3.05) is 18.5 Å². The van der Waals surface area contributed by atoms with Crippen molar-refractivity contribution < 1.29 is 32.2 Å². The molecule has 0 aliphatic heterocycles. The first-order valence-corrected chi connectivity index (χ1v) is 7.98. The molecule has 1 N–H and O–H groups in total. The molecule has 0 spiro atoms. The van der Waals surface area contributed by atoms with Crippen molar-refractivity contribution >= 4 is 17.6 Å². The van der Waals surface area contributed by atoms with E-state index in [1.807, 2.05) is 26.0 Å². The molecule has 0 unspecified atom stereocenters. The molecule has 0 fully saturated rings. The normalized spacial score (nSPS) is 11.0. The molecule has 144 valence electrons. The Kier molecular flexibility index (Phi) is 6.44. The summed E-state index contributed by atoms with van der Waals surface area (Å²) in [6, 6.07) is 10.0. The van der Waals surface area contributed by atoms with E-state index in [0.717, 1.165) is 23.3 Å². The number of nitrogens with one attached hydrogen (secondary N) is 1. The topological polar surface area (TPSA) is 64.6 Å². The molecule has 0 atom stereocenters. The minimum Gasteiger partial charge on any atom is -0.482 e. The second kappa shape index (κ2) is 8.57. The number of para-hydroxylation sites is 1. The lowest BCUT2D eigenvalue weighted by Crippen LogP contribution is -2.24. The first kappa shape index (κ1) is 20.3. The van der Waals surface area contributed by atoms with Gasteiger partial charge < -0.3 is 14.8 Å². The lowest BCUT2D eigenvalue weighted by atomic mass is 10.1. The SMILES string of the molecule is Cc1ccc(C)c(OCC(=O)OCC(=O)Nc2ccccc2C(F)(F)F)c1. The molecule has 8 heteroatoms. The van der Waals surface area contributed by atoms with Crippen molar-refractivity contribution in [3.8, 4) is 5.75 Å². The van der Waals surface area contributed by atoms with Gasteiger partial charge in [0.25, 0.3) is 5.91 Å². The fraction of sp³-hybridized carbons (Fsp3) is 0.263. The van der Waals surface area contributed by atoms with Crippen molar-refractivity contribution in [2.24, 2.45) is 0 Å². The summed E-state index contributed by atoms with van der Waals surface area (Å²) in [5.74, 6) is -1.18. The van der Waals surface area contributed by atoms with Crippen LogP contribution in [0.1, 0.15) is 16.7 Å². The molecule has 0 saturated heterocycles. The first-order chi connectivity index (χ1) is 12.7. The summed E-state index contributed by atoms with van der Waals surface area (Å²) in [7, 11) is 0. The van der Waals surface area contributed by atoms with E-state index in [1.165, 1.54) is 12.1 Å². The van der Waals surface area contributed by atoms with E-state index in [2.05, 4.69) is 5.32 Å².